The SMILES string of the molecule is Cn1cc(-c2cnc3ccc(Oc4ccc(NC(=O)c5cccc(F)c5)cc4F)cc3n2)cn1.O=C(Nc1ccc(Cl)cc1)Nc1ccc(Oc2ccc3ncc(N4CCNCC4)nc3c2)cc1. The molecule has 1 aliphatic heterocycles. The second-order valence-electron chi connectivity index (χ2n) is 15.3. The average Bonchev–Trinajstić information content (AvgIpc) is 3.80. The molecular formula is C50H40ClF2N11O4. The number of aromatic nitrogens is 6. The predicted octanol–water partition coefficient (Wildman–Crippen LogP) is 10.5. The first-order valence-electron chi connectivity index (χ1n) is 21.2. The number of halogens is 3. The van der Waals surface area contributed by atoms with E-state index in [2.05, 4.69) is 46.2 Å². The maximum atomic E-state index is 14.7. The second-order valence-corrected chi connectivity index (χ2v) is 15.8. The van der Waals surface area contributed by atoms with Gasteiger partial charge in [0.1, 0.15) is 28.9 Å². The third-order valence-electron chi connectivity index (χ3n) is 10.4. The van der Waals surface area contributed by atoms with Crippen molar-refractivity contribution in [2.45, 2.75) is 0 Å². The van der Waals surface area contributed by atoms with Gasteiger partial charge < -0.3 is 35.6 Å². The first kappa shape index (κ1) is 44.7. The molecule has 18 heteroatoms. The van der Waals surface area contributed by atoms with Gasteiger partial charge in [0.15, 0.2) is 11.6 Å². The Morgan fingerprint density at radius 1 is 0.662 bits per heavy atom. The lowest BCUT2D eigenvalue weighted by Gasteiger charge is -2.28. The summed E-state index contributed by atoms with van der Waals surface area (Å²) in [6.07, 6.45) is 7.01. The highest BCUT2D eigenvalue weighted by Crippen LogP contribution is 2.30. The van der Waals surface area contributed by atoms with E-state index in [1.807, 2.05) is 37.6 Å². The summed E-state index contributed by atoms with van der Waals surface area (Å²) in [4.78, 5) is 45.0. The smallest absolute Gasteiger partial charge is 0.323 e. The minimum absolute atomic E-state index is 0.0283. The molecule has 0 radical (unpaired) electrons. The summed E-state index contributed by atoms with van der Waals surface area (Å²) in [7, 11) is 1.82. The molecule has 1 aliphatic rings. The van der Waals surface area contributed by atoms with Gasteiger partial charge >= 0.3 is 6.03 Å². The van der Waals surface area contributed by atoms with E-state index in [0.717, 1.165) is 60.7 Å². The van der Waals surface area contributed by atoms with Gasteiger partial charge in [-0.2, -0.15) is 5.10 Å². The highest BCUT2D eigenvalue weighted by molar-refractivity contribution is 6.30. The molecule has 0 bridgehead atoms. The number of anilines is 4. The Bertz CT molecular complexity index is 3260. The van der Waals surface area contributed by atoms with Crippen molar-refractivity contribution < 1.29 is 27.8 Å². The Balaban J connectivity index is 0.000000170. The molecule has 9 aromatic rings. The summed E-state index contributed by atoms with van der Waals surface area (Å²) in [6.45, 7) is 3.70. The van der Waals surface area contributed by atoms with Gasteiger partial charge in [0.25, 0.3) is 5.91 Å². The summed E-state index contributed by atoms with van der Waals surface area (Å²) in [5.41, 5.74) is 5.96. The van der Waals surface area contributed by atoms with Crippen LogP contribution < -0.4 is 35.6 Å². The Morgan fingerprint density at radius 2 is 1.31 bits per heavy atom. The fourth-order valence-corrected chi connectivity index (χ4v) is 7.16. The Kier molecular flexibility index (Phi) is 13.3. The number of ether oxygens (including phenoxy) is 2. The van der Waals surface area contributed by atoms with Gasteiger partial charge in [-0.15, -0.1) is 0 Å². The maximum Gasteiger partial charge on any atom is 0.323 e. The maximum absolute atomic E-state index is 14.7. The molecule has 0 unspecified atom stereocenters. The van der Waals surface area contributed by atoms with E-state index in [4.69, 9.17) is 26.1 Å². The molecular weight excluding hydrogens is 892 g/mol. The molecule has 0 saturated carbocycles. The van der Waals surface area contributed by atoms with Crippen molar-refractivity contribution in [3.63, 3.8) is 0 Å². The van der Waals surface area contributed by atoms with Crippen LogP contribution in [0.15, 0.2) is 152 Å². The van der Waals surface area contributed by atoms with Crippen LogP contribution in [0.2, 0.25) is 5.02 Å². The van der Waals surface area contributed by atoms with Crippen molar-refractivity contribution in [1.29, 1.82) is 0 Å². The average molecular weight is 932 g/mol. The topological polar surface area (TPSA) is 173 Å². The van der Waals surface area contributed by atoms with Crippen molar-refractivity contribution >= 4 is 68.5 Å². The zero-order chi connectivity index (χ0) is 47.0. The Morgan fingerprint density at radius 3 is 1.99 bits per heavy atom. The fourth-order valence-electron chi connectivity index (χ4n) is 7.03. The molecule has 68 heavy (non-hydrogen) atoms. The highest BCUT2D eigenvalue weighted by Gasteiger charge is 2.15. The molecule has 3 aromatic heterocycles. The van der Waals surface area contributed by atoms with Crippen LogP contribution in [-0.4, -0.2) is 67.8 Å². The van der Waals surface area contributed by atoms with Crippen LogP contribution in [0.3, 0.4) is 0 Å². The van der Waals surface area contributed by atoms with Gasteiger partial charge in [0.2, 0.25) is 0 Å². The molecule has 10 rings (SSSR count). The number of nitrogens with zero attached hydrogens (tertiary/aromatic N) is 7. The van der Waals surface area contributed by atoms with Crippen LogP contribution in [-0.2, 0) is 7.05 Å². The lowest BCUT2D eigenvalue weighted by Crippen LogP contribution is -2.43. The van der Waals surface area contributed by atoms with Crippen LogP contribution in [0.4, 0.5) is 36.5 Å². The molecule has 4 heterocycles. The first-order valence-corrected chi connectivity index (χ1v) is 21.6. The van der Waals surface area contributed by atoms with E-state index in [-0.39, 0.29) is 23.0 Å². The van der Waals surface area contributed by atoms with E-state index >= 15 is 0 Å². The van der Waals surface area contributed by atoms with Crippen molar-refractivity contribution in [2.24, 2.45) is 7.05 Å². The van der Waals surface area contributed by atoms with E-state index in [0.29, 0.717) is 50.4 Å². The normalized spacial score (nSPS) is 12.2. The van der Waals surface area contributed by atoms with Crippen molar-refractivity contribution in [1.82, 2.24) is 35.0 Å². The number of hydrogen-bond donors (Lipinski definition) is 4. The summed E-state index contributed by atoms with van der Waals surface area (Å²) in [5.74, 6) is 0.779. The number of rotatable bonds is 10. The lowest BCUT2D eigenvalue weighted by atomic mass is 10.2. The molecule has 0 atom stereocenters. The predicted molar refractivity (Wildman–Crippen MR) is 258 cm³/mol. The number of piperazine rings is 1. The van der Waals surface area contributed by atoms with E-state index in [1.165, 1.54) is 30.3 Å². The van der Waals surface area contributed by atoms with E-state index in [9.17, 15) is 18.4 Å². The number of carbonyl (C=O) groups excluding carboxylic acids is 2. The number of carbonyl (C=O) groups is 2. The molecule has 1 fully saturated rings. The van der Waals surface area contributed by atoms with Crippen LogP contribution in [0.5, 0.6) is 23.0 Å². The van der Waals surface area contributed by atoms with Gasteiger partial charge in [-0.25, -0.2) is 23.5 Å². The van der Waals surface area contributed by atoms with Crippen LogP contribution in [0.1, 0.15) is 10.4 Å². The minimum Gasteiger partial charge on any atom is -0.457 e. The summed E-state index contributed by atoms with van der Waals surface area (Å²) >= 11 is 5.87. The number of nitrogens with one attached hydrogen (secondary N) is 4. The fraction of sp³-hybridized carbons (Fsp3) is 0.100. The summed E-state index contributed by atoms with van der Waals surface area (Å²) < 4.78 is 41.4. The zero-order valence-electron chi connectivity index (χ0n) is 36.2. The van der Waals surface area contributed by atoms with Crippen LogP contribution in [0.25, 0.3) is 33.3 Å². The molecule has 15 nitrogen and oxygen atoms in total. The molecule has 0 aliphatic carbocycles. The number of urea groups is 1. The number of hydrogen-bond acceptors (Lipinski definition) is 11. The molecule has 4 N–H and O–H groups in total. The monoisotopic (exact) mass is 931 g/mol. The van der Waals surface area contributed by atoms with Gasteiger partial charge in [0, 0.05) is 90.8 Å². The van der Waals surface area contributed by atoms with Crippen LogP contribution >= 0.6 is 11.6 Å². The second kappa shape index (κ2) is 20.3. The molecule has 0 spiro atoms. The molecule has 3 amide bonds. The standard InChI is InChI=1S/C25H23ClN6O2.C25H17F2N5O2/c26-17-1-3-18(4-2-17)29-25(33)30-19-5-7-20(8-6-19)34-21-9-10-22-23(15-21)31-24(16-28-22)32-13-11-27-12-14-32;1-32-14-16(12-29-32)23-13-28-21-7-6-19(11-22(21)31-23)34-24-8-5-18(10-20(24)27)30-25(33)15-3-2-4-17(26)9-15/h1-10,15-16,27H,11-14H2,(H2,29,30,33);2-14H,1H3,(H,30,33). The van der Waals surface area contributed by atoms with Crippen molar-refractivity contribution in [3.05, 3.63) is 174 Å². The Hall–Kier alpha value is -8.54. The number of aryl methyl sites for hydroxylation is 1. The number of fused-ring (bicyclic) bond motifs is 2. The number of benzene rings is 6. The zero-order valence-corrected chi connectivity index (χ0v) is 36.9. The minimum atomic E-state index is -0.674. The Labute approximate surface area is 392 Å². The highest BCUT2D eigenvalue weighted by atomic mass is 35.5. The van der Waals surface area contributed by atoms with Crippen LogP contribution in [0, 0.1) is 11.6 Å². The van der Waals surface area contributed by atoms with Gasteiger partial charge in [0.05, 0.1) is 46.4 Å². The molecule has 1 saturated heterocycles. The van der Waals surface area contributed by atoms with E-state index in [1.54, 1.807) is 83.8 Å². The first-order chi connectivity index (χ1) is 33.1. The number of amides is 3. The molecule has 6 aromatic carbocycles. The summed E-state index contributed by atoms with van der Waals surface area (Å²) in [5, 5.41) is 16.2. The third kappa shape index (κ3) is 11.3. The quantitative estimate of drug-likeness (QED) is 0.103. The molecule has 340 valence electrons. The van der Waals surface area contributed by atoms with E-state index < -0.39 is 17.5 Å². The van der Waals surface area contributed by atoms with Gasteiger partial charge in [-0.05, 0) is 103 Å². The van der Waals surface area contributed by atoms with Gasteiger partial charge in [-0.1, -0.05) is 17.7 Å². The largest absolute Gasteiger partial charge is 0.457 e. The van der Waals surface area contributed by atoms with Crippen molar-refractivity contribution in [3.8, 4) is 34.3 Å². The summed E-state index contributed by atoms with van der Waals surface area (Å²) in [6, 6.07) is 33.7. The lowest BCUT2D eigenvalue weighted by molar-refractivity contribution is 0.102. The van der Waals surface area contributed by atoms with Gasteiger partial charge in [-0.3, -0.25) is 19.4 Å². The third-order valence-corrected chi connectivity index (χ3v) is 10.7. The van der Waals surface area contributed by atoms with Crippen molar-refractivity contribution in [2.75, 3.05) is 47.0 Å².